The molecule has 1 rings (SSSR count). The third-order valence-electron chi connectivity index (χ3n) is 3.34. The van der Waals surface area contributed by atoms with E-state index in [0.717, 1.165) is 26.2 Å². The van der Waals surface area contributed by atoms with Crippen LogP contribution in [0.1, 0.15) is 13.8 Å². The van der Waals surface area contributed by atoms with E-state index in [1.807, 2.05) is 0 Å². The molecule has 0 saturated heterocycles. The minimum Gasteiger partial charge on any atom is -0.494 e. The molecule has 0 radical (unpaired) electrons. The van der Waals surface area contributed by atoms with Crippen LogP contribution in [0, 0.1) is 10.1 Å². The second-order valence-corrected chi connectivity index (χ2v) is 4.44. The van der Waals surface area contributed by atoms with Crippen LogP contribution >= 0.6 is 0 Å². The largest absolute Gasteiger partial charge is 0.494 e. The van der Waals surface area contributed by atoms with E-state index in [2.05, 4.69) is 24.1 Å². The average Bonchev–Trinajstić information content (AvgIpc) is 2.50. The number of benzene rings is 1. The molecule has 0 bridgehead atoms. The van der Waals surface area contributed by atoms with Crippen molar-refractivity contribution in [2.24, 2.45) is 0 Å². The van der Waals surface area contributed by atoms with Crippen molar-refractivity contribution in [3.63, 3.8) is 0 Å². The molecule has 21 heavy (non-hydrogen) atoms. The van der Waals surface area contributed by atoms with Gasteiger partial charge in [-0.2, -0.15) is 0 Å². The number of nitrogens with zero attached hydrogens (tertiary/aromatic N) is 2. The van der Waals surface area contributed by atoms with Gasteiger partial charge in [-0.25, -0.2) is 0 Å². The van der Waals surface area contributed by atoms with E-state index in [-0.39, 0.29) is 11.4 Å². The zero-order chi connectivity index (χ0) is 15.8. The Bertz CT molecular complexity index is 476. The van der Waals surface area contributed by atoms with Crippen LogP contribution < -0.4 is 14.8 Å². The zero-order valence-corrected chi connectivity index (χ0v) is 13.0. The molecule has 0 fully saturated rings. The van der Waals surface area contributed by atoms with Crippen molar-refractivity contribution in [2.45, 2.75) is 13.8 Å². The lowest BCUT2D eigenvalue weighted by molar-refractivity contribution is -0.385. The number of anilines is 1. The fourth-order valence-corrected chi connectivity index (χ4v) is 2.05. The van der Waals surface area contributed by atoms with Gasteiger partial charge in [0, 0.05) is 19.2 Å². The van der Waals surface area contributed by atoms with Crippen LogP contribution in [-0.4, -0.2) is 50.2 Å². The van der Waals surface area contributed by atoms with E-state index in [0.29, 0.717) is 11.4 Å². The lowest BCUT2D eigenvalue weighted by Gasteiger charge is -2.19. The Kier molecular flexibility index (Phi) is 6.74. The van der Waals surface area contributed by atoms with Crippen LogP contribution in [0.2, 0.25) is 0 Å². The normalized spacial score (nSPS) is 10.5. The number of rotatable bonds is 9. The molecule has 7 nitrogen and oxygen atoms in total. The van der Waals surface area contributed by atoms with Gasteiger partial charge in [0.1, 0.15) is 5.75 Å². The van der Waals surface area contributed by atoms with Crippen molar-refractivity contribution in [2.75, 3.05) is 45.7 Å². The lowest BCUT2D eigenvalue weighted by atomic mass is 10.2. The molecule has 118 valence electrons. The Labute approximate surface area is 125 Å². The number of nitro groups is 1. The first-order valence-electron chi connectivity index (χ1n) is 6.93. The number of methoxy groups -OCH3 is 2. The van der Waals surface area contributed by atoms with Crippen LogP contribution in [0.4, 0.5) is 11.4 Å². The number of hydrogen-bond acceptors (Lipinski definition) is 6. The van der Waals surface area contributed by atoms with Crippen molar-refractivity contribution in [1.82, 2.24) is 4.90 Å². The first-order valence-corrected chi connectivity index (χ1v) is 6.93. The summed E-state index contributed by atoms with van der Waals surface area (Å²) in [6, 6.07) is 2.97. The number of nitrogens with one attached hydrogen (secondary N) is 1. The highest BCUT2D eigenvalue weighted by Gasteiger charge is 2.19. The fraction of sp³-hybridized carbons (Fsp3) is 0.571. The Morgan fingerprint density at radius 3 is 2.29 bits per heavy atom. The molecule has 1 aromatic carbocycles. The van der Waals surface area contributed by atoms with Crippen molar-refractivity contribution in [3.05, 3.63) is 22.2 Å². The number of nitro benzene ring substituents is 1. The summed E-state index contributed by atoms with van der Waals surface area (Å²) >= 11 is 0. The van der Waals surface area contributed by atoms with Gasteiger partial charge < -0.3 is 19.7 Å². The van der Waals surface area contributed by atoms with Gasteiger partial charge in [-0.05, 0) is 13.1 Å². The first-order chi connectivity index (χ1) is 10.1. The maximum Gasteiger partial charge on any atom is 0.314 e. The summed E-state index contributed by atoms with van der Waals surface area (Å²) in [5.41, 5.74) is 0.579. The first kappa shape index (κ1) is 17.0. The molecule has 7 heteroatoms. The van der Waals surface area contributed by atoms with Gasteiger partial charge in [-0.1, -0.05) is 13.8 Å². The van der Waals surface area contributed by atoms with Gasteiger partial charge in [-0.3, -0.25) is 10.1 Å². The maximum atomic E-state index is 11.0. The summed E-state index contributed by atoms with van der Waals surface area (Å²) in [7, 11) is 2.90. The predicted molar refractivity (Wildman–Crippen MR) is 82.5 cm³/mol. The molecule has 0 aromatic heterocycles. The molecule has 1 N–H and O–H groups in total. The van der Waals surface area contributed by atoms with E-state index >= 15 is 0 Å². The minimum atomic E-state index is -0.485. The Morgan fingerprint density at radius 1 is 1.19 bits per heavy atom. The molecule has 0 atom stereocenters. The SMILES string of the molecule is CCN(CC)CCNc1cc(OC)c([N+](=O)[O-])cc1OC. The smallest absolute Gasteiger partial charge is 0.314 e. The Morgan fingerprint density at radius 2 is 1.81 bits per heavy atom. The van der Waals surface area contributed by atoms with E-state index in [9.17, 15) is 10.1 Å². The van der Waals surface area contributed by atoms with Gasteiger partial charge in [0.15, 0.2) is 5.75 Å². The standard InChI is InChI=1S/C14H23N3O4/c1-5-16(6-2)8-7-15-11-9-14(21-4)12(17(18)19)10-13(11)20-3/h9-10,15H,5-8H2,1-4H3. The minimum absolute atomic E-state index is 0.108. The third-order valence-corrected chi connectivity index (χ3v) is 3.34. The molecule has 0 saturated carbocycles. The van der Waals surface area contributed by atoms with Gasteiger partial charge in [0.25, 0.3) is 0 Å². The average molecular weight is 297 g/mol. The Hall–Kier alpha value is -2.02. The summed E-state index contributed by atoms with van der Waals surface area (Å²) in [5, 5.41) is 14.2. The molecule has 1 aromatic rings. The second kappa shape index (κ2) is 8.31. The monoisotopic (exact) mass is 297 g/mol. The summed E-state index contributed by atoms with van der Waals surface area (Å²) < 4.78 is 10.3. The third kappa shape index (κ3) is 4.49. The van der Waals surface area contributed by atoms with Gasteiger partial charge >= 0.3 is 5.69 Å². The van der Waals surface area contributed by atoms with Crippen LogP contribution in [0.5, 0.6) is 11.5 Å². The quantitative estimate of drug-likeness (QED) is 0.557. The van der Waals surface area contributed by atoms with Crippen molar-refractivity contribution in [3.8, 4) is 11.5 Å². The zero-order valence-electron chi connectivity index (χ0n) is 13.0. The number of ether oxygens (including phenoxy) is 2. The maximum absolute atomic E-state index is 11.0. The van der Waals surface area contributed by atoms with Crippen molar-refractivity contribution >= 4 is 11.4 Å². The number of likely N-dealkylation sites (N-methyl/N-ethyl adjacent to an activating group) is 1. The van der Waals surface area contributed by atoms with Crippen LogP contribution in [0.3, 0.4) is 0 Å². The number of hydrogen-bond donors (Lipinski definition) is 1. The summed E-state index contributed by atoms with van der Waals surface area (Å²) in [5.74, 6) is 0.646. The topological polar surface area (TPSA) is 76.9 Å². The molecule has 0 heterocycles. The molecule has 0 aliphatic rings. The fourth-order valence-electron chi connectivity index (χ4n) is 2.05. The summed E-state index contributed by atoms with van der Waals surface area (Å²) in [6.45, 7) is 7.80. The van der Waals surface area contributed by atoms with Crippen molar-refractivity contribution < 1.29 is 14.4 Å². The van der Waals surface area contributed by atoms with Crippen LogP contribution in [0.15, 0.2) is 12.1 Å². The van der Waals surface area contributed by atoms with E-state index in [1.165, 1.54) is 20.3 Å². The molecular weight excluding hydrogens is 274 g/mol. The molecule has 0 amide bonds. The predicted octanol–water partition coefficient (Wildman–Crippen LogP) is 2.37. The lowest BCUT2D eigenvalue weighted by Crippen LogP contribution is -2.28. The van der Waals surface area contributed by atoms with E-state index in [4.69, 9.17) is 9.47 Å². The molecule has 0 unspecified atom stereocenters. The summed E-state index contributed by atoms with van der Waals surface area (Å²) in [6.07, 6.45) is 0. The highest BCUT2D eigenvalue weighted by atomic mass is 16.6. The van der Waals surface area contributed by atoms with E-state index < -0.39 is 4.92 Å². The molecule has 0 aliphatic carbocycles. The van der Waals surface area contributed by atoms with E-state index in [1.54, 1.807) is 6.07 Å². The molecule has 0 spiro atoms. The van der Waals surface area contributed by atoms with Gasteiger partial charge in [-0.15, -0.1) is 0 Å². The van der Waals surface area contributed by atoms with Crippen LogP contribution in [0.25, 0.3) is 0 Å². The van der Waals surface area contributed by atoms with Gasteiger partial charge in [0.2, 0.25) is 0 Å². The molecular formula is C14H23N3O4. The highest BCUT2D eigenvalue weighted by molar-refractivity contribution is 5.66. The van der Waals surface area contributed by atoms with Crippen LogP contribution in [-0.2, 0) is 0 Å². The second-order valence-electron chi connectivity index (χ2n) is 4.44. The highest BCUT2D eigenvalue weighted by Crippen LogP contribution is 2.37. The Balaban J connectivity index is 2.88. The summed E-state index contributed by atoms with van der Waals surface area (Å²) in [4.78, 5) is 12.8. The van der Waals surface area contributed by atoms with Crippen molar-refractivity contribution in [1.29, 1.82) is 0 Å². The molecule has 0 aliphatic heterocycles. The van der Waals surface area contributed by atoms with Gasteiger partial charge in [0.05, 0.1) is 30.9 Å².